The zero-order valence-corrected chi connectivity index (χ0v) is 16.5. The van der Waals surface area contributed by atoms with E-state index in [1.54, 1.807) is 12.4 Å². The van der Waals surface area contributed by atoms with Gasteiger partial charge in [0.2, 0.25) is 0 Å². The van der Waals surface area contributed by atoms with E-state index in [2.05, 4.69) is 38.1 Å². The quantitative estimate of drug-likeness (QED) is 0.641. The highest BCUT2D eigenvalue weighted by Crippen LogP contribution is 2.33. The molecule has 1 aromatic heterocycles. The van der Waals surface area contributed by atoms with Gasteiger partial charge in [-0.1, -0.05) is 35.0 Å². The smallest absolute Gasteiger partial charge is 0.275 e. The SMILES string of the molecule is CCc1cc(Br)cc2c1NC(=O)C2=Nc1ccc(Cc2ccncc2)cc1. The summed E-state index contributed by atoms with van der Waals surface area (Å²) in [5, 5.41) is 2.96. The van der Waals surface area contributed by atoms with Gasteiger partial charge in [0.1, 0.15) is 5.71 Å². The van der Waals surface area contributed by atoms with Crippen molar-refractivity contribution in [1.82, 2.24) is 4.98 Å². The largest absolute Gasteiger partial charge is 0.320 e. The van der Waals surface area contributed by atoms with Crippen LogP contribution < -0.4 is 5.32 Å². The third-order valence-electron chi connectivity index (χ3n) is 4.61. The molecule has 0 saturated heterocycles. The number of rotatable bonds is 4. The van der Waals surface area contributed by atoms with Crippen LogP contribution in [0.5, 0.6) is 0 Å². The molecule has 0 bridgehead atoms. The van der Waals surface area contributed by atoms with E-state index >= 15 is 0 Å². The first kappa shape index (κ1) is 17.6. The molecular formula is C22H18BrN3O. The molecule has 134 valence electrons. The molecule has 1 N–H and O–H groups in total. The Morgan fingerprint density at radius 3 is 2.44 bits per heavy atom. The molecule has 4 nitrogen and oxygen atoms in total. The normalized spacial score (nSPS) is 14.3. The summed E-state index contributed by atoms with van der Waals surface area (Å²) in [5.74, 6) is -0.154. The minimum atomic E-state index is -0.154. The number of hydrogen-bond donors (Lipinski definition) is 1. The van der Waals surface area contributed by atoms with Crippen molar-refractivity contribution >= 4 is 38.9 Å². The van der Waals surface area contributed by atoms with Gasteiger partial charge in [-0.15, -0.1) is 0 Å². The average molecular weight is 420 g/mol. The zero-order chi connectivity index (χ0) is 18.8. The average Bonchev–Trinajstić information content (AvgIpc) is 2.99. The van der Waals surface area contributed by atoms with Gasteiger partial charge in [0.05, 0.1) is 11.4 Å². The molecule has 4 rings (SSSR count). The molecule has 2 aromatic carbocycles. The Kier molecular flexibility index (Phi) is 4.86. The monoisotopic (exact) mass is 419 g/mol. The number of halogens is 1. The second-order valence-electron chi connectivity index (χ2n) is 6.45. The lowest BCUT2D eigenvalue weighted by Gasteiger charge is -2.06. The lowest BCUT2D eigenvalue weighted by atomic mass is 10.0. The molecular weight excluding hydrogens is 402 g/mol. The summed E-state index contributed by atoms with van der Waals surface area (Å²) in [6, 6.07) is 16.0. The van der Waals surface area contributed by atoms with Crippen LogP contribution in [0.1, 0.15) is 29.2 Å². The Morgan fingerprint density at radius 2 is 1.74 bits per heavy atom. The number of hydrogen-bond acceptors (Lipinski definition) is 3. The lowest BCUT2D eigenvalue weighted by molar-refractivity contribution is -0.110. The summed E-state index contributed by atoms with van der Waals surface area (Å²) < 4.78 is 0.954. The molecule has 2 heterocycles. The predicted octanol–water partition coefficient (Wildman–Crippen LogP) is 5.07. The van der Waals surface area contributed by atoms with Crippen molar-refractivity contribution in [3.8, 4) is 0 Å². The molecule has 27 heavy (non-hydrogen) atoms. The topological polar surface area (TPSA) is 54.4 Å². The van der Waals surface area contributed by atoms with Crippen LogP contribution in [0, 0.1) is 0 Å². The van der Waals surface area contributed by atoms with Crippen LogP contribution >= 0.6 is 15.9 Å². The number of anilines is 1. The fraction of sp³-hybridized carbons (Fsp3) is 0.136. The maximum absolute atomic E-state index is 12.5. The van der Waals surface area contributed by atoms with E-state index in [0.717, 1.165) is 39.8 Å². The van der Waals surface area contributed by atoms with Gasteiger partial charge >= 0.3 is 0 Å². The first-order valence-electron chi connectivity index (χ1n) is 8.84. The number of benzene rings is 2. The van der Waals surface area contributed by atoms with Gasteiger partial charge in [-0.05, 0) is 65.9 Å². The van der Waals surface area contributed by atoms with E-state index in [1.807, 2.05) is 48.5 Å². The van der Waals surface area contributed by atoms with Crippen molar-refractivity contribution in [3.05, 3.63) is 87.7 Å². The fourth-order valence-corrected chi connectivity index (χ4v) is 3.74. The van der Waals surface area contributed by atoms with Gasteiger partial charge in [-0.3, -0.25) is 9.78 Å². The first-order chi connectivity index (χ1) is 13.1. The Labute approximate surface area is 166 Å². The van der Waals surface area contributed by atoms with Gasteiger partial charge in [0.15, 0.2) is 0 Å². The molecule has 3 aromatic rings. The Morgan fingerprint density at radius 1 is 1.04 bits per heavy atom. The van der Waals surface area contributed by atoms with E-state index in [9.17, 15) is 4.79 Å². The van der Waals surface area contributed by atoms with E-state index in [4.69, 9.17) is 0 Å². The third-order valence-corrected chi connectivity index (χ3v) is 5.07. The number of aromatic nitrogens is 1. The number of aryl methyl sites for hydroxylation is 1. The summed E-state index contributed by atoms with van der Waals surface area (Å²) in [6.45, 7) is 2.07. The Hall–Kier alpha value is -2.79. The number of carbonyl (C=O) groups excluding carboxylic acids is 1. The van der Waals surface area contributed by atoms with Crippen LogP contribution in [0.3, 0.4) is 0 Å². The van der Waals surface area contributed by atoms with Crippen molar-refractivity contribution in [2.75, 3.05) is 5.32 Å². The zero-order valence-electron chi connectivity index (χ0n) is 14.9. The second-order valence-corrected chi connectivity index (χ2v) is 7.37. The highest BCUT2D eigenvalue weighted by molar-refractivity contribution is 9.10. The van der Waals surface area contributed by atoms with Crippen molar-refractivity contribution in [3.63, 3.8) is 0 Å². The molecule has 1 aliphatic heterocycles. The number of aliphatic imine (C=N–C) groups is 1. The number of fused-ring (bicyclic) bond motifs is 1. The lowest BCUT2D eigenvalue weighted by Crippen LogP contribution is -2.14. The standard InChI is InChI=1S/C22H18BrN3O/c1-2-16-12-17(23)13-19-20(16)26-22(27)21(19)25-18-5-3-14(4-6-18)11-15-7-9-24-10-8-15/h3-10,12-13H,2,11H2,1H3,(H,25,26,27). The number of nitrogens with zero attached hydrogens (tertiary/aromatic N) is 2. The van der Waals surface area contributed by atoms with Crippen LogP contribution in [0.25, 0.3) is 0 Å². The van der Waals surface area contributed by atoms with Crippen molar-refractivity contribution in [1.29, 1.82) is 0 Å². The van der Waals surface area contributed by atoms with Crippen molar-refractivity contribution in [2.24, 2.45) is 4.99 Å². The maximum atomic E-state index is 12.5. The van der Waals surface area contributed by atoms with E-state index in [1.165, 1.54) is 11.1 Å². The van der Waals surface area contributed by atoms with Crippen LogP contribution in [0.15, 0.2) is 70.4 Å². The van der Waals surface area contributed by atoms with Crippen LogP contribution in [-0.4, -0.2) is 16.6 Å². The van der Waals surface area contributed by atoms with Crippen LogP contribution in [-0.2, 0) is 17.6 Å². The summed E-state index contributed by atoms with van der Waals surface area (Å²) >= 11 is 3.53. The molecule has 0 fully saturated rings. The number of nitrogens with one attached hydrogen (secondary N) is 1. The minimum absolute atomic E-state index is 0.154. The van der Waals surface area contributed by atoms with Gasteiger partial charge in [-0.25, -0.2) is 4.99 Å². The first-order valence-corrected chi connectivity index (χ1v) is 9.64. The minimum Gasteiger partial charge on any atom is -0.320 e. The molecule has 1 amide bonds. The van der Waals surface area contributed by atoms with E-state index < -0.39 is 0 Å². The van der Waals surface area contributed by atoms with Crippen LogP contribution in [0.2, 0.25) is 0 Å². The molecule has 0 aliphatic carbocycles. The molecule has 0 saturated carbocycles. The van der Waals surface area contributed by atoms with Gasteiger partial charge in [0, 0.05) is 22.4 Å². The number of carbonyl (C=O) groups is 1. The third kappa shape index (κ3) is 3.69. The summed E-state index contributed by atoms with van der Waals surface area (Å²) in [5.41, 5.74) is 6.46. The molecule has 0 atom stereocenters. The molecule has 5 heteroatoms. The fourth-order valence-electron chi connectivity index (χ4n) is 3.24. The van der Waals surface area contributed by atoms with Crippen LogP contribution in [0.4, 0.5) is 11.4 Å². The summed E-state index contributed by atoms with van der Waals surface area (Å²) in [6.07, 6.45) is 5.29. The summed E-state index contributed by atoms with van der Waals surface area (Å²) in [7, 11) is 0. The maximum Gasteiger partial charge on any atom is 0.275 e. The van der Waals surface area contributed by atoms with Gasteiger partial charge < -0.3 is 5.32 Å². The number of amides is 1. The van der Waals surface area contributed by atoms with Crippen molar-refractivity contribution < 1.29 is 4.79 Å². The highest BCUT2D eigenvalue weighted by Gasteiger charge is 2.28. The molecule has 1 aliphatic rings. The Bertz CT molecular complexity index is 1030. The second kappa shape index (κ2) is 7.45. The number of pyridine rings is 1. The predicted molar refractivity (Wildman–Crippen MR) is 112 cm³/mol. The Balaban J connectivity index is 1.63. The highest BCUT2D eigenvalue weighted by atomic mass is 79.9. The van der Waals surface area contributed by atoms with Crippen molar-refractivity contribution in [2.45, 2.75) is 19.8 Å². The molecule has 0 radical (unpaired) electrons. The van der Waals surface area contributed by atoms with Gasteiger partial charge in [0.25, 0.3) is 5.91 Å². The van der Waals surface area contributed by atoms with E-state index in [-0.39, 0.29) is 5.91 Å². The van der Waals surface area contributed by atoms with E-state index in [0.29, 0.717) is 5.71 Å². The molecule has 0 spiro atoms. The van der Waals surface area contributed by atoms with Gasteiger partial charge in [-0.2, -0.15) is 0 Å². The molecule has 0 unspecified atom stereocenters. The summed E-state index contributed by atoms with van der Waals surface area (Å²) in [4.78, 5) is 21.1.